The molecule has 0 saturated heterocycles. The van der Waals surface area contributed by atoms with E-state index in [0.717, 1.165) is 5.56 Å². The molecule has 4 nitrogen and oxygen atoms in total. The first-order valence-corrected chi connectivity index (χ1v) is 6.00. The lowest BCUT2D eigenvalue weighted by Crippen LogP contribution is -2.40. The smallest absolute Gasteiger partial charge is 0.308 e. The largest absolute Gasteiger partial charge is 0.481 e. The van der Waals surface area contributed by atoms with Gasteiger partial charge in [0.25, 0.3) is 5.91 Å². The van der Waals surface area contributed by atoms with Crippen molar-refractivity contribution in [3.05, 3.63) is 34.3 Å². The Labute approximate surface area is 111 Å². The third-order valence-electron chi connectivity index (χ3n) is 2.92. The summed E-state index contributed by atoms with van der Waals surface area (Å²) in [4.78, 5) is 22.7. The molecular weight excluding hydrogens is 254 g/mol. The van der Waals surface area contributed by atoms with Crippen molar-refractivity contribution in [2.75, 3.05) is 0 Å². The molecule has 0 radical (unpaired) electrons. The number of benzene rings is 1. The fraction of sp³-hybridized carbons (Fsp3) is 0.385. The third-order valence-corrected chi connectivity index (χ3v) is 3.34. The van der Waals surface area contributed by atoms with Gasteiger partial charge in [-0.15, -0.1) is 0 Å². The molecule has 1 amide bonds. The van der Waals surface area contributed by atoms with Crippen molar-refractivity contribution < 1.29 is 14.7 Å². The molecule has 2 unspecified atom stereocenters. The molecule has 1 rings (SSSR count). The van der Waals surface area contributed by atoms with E-state index < -0.39 is 17.9 Å². The van der Waals surface area contributed by atoms with Crippen molar-refractivity contribution in [3.8, 4) is 0 Å². The third kappa shape index (κ3) is 3.47. The summed E-state index contributed by atoms with van der Waals surface area (Å²) in [7, 11) is 0. The standard InChI is InChI=1S/C13H16ClNO3/c1-7-6-10(4-5-11(7)14)12(16)15-9(3)8(2)13(17)18/h4-6,8-9H,1-3H3,(H,15,16)(H,17,18). The molecule has 1 aromatic rings. The molecule has 0 aromatic heterocycles. The first kappa shape index (κ1) is 14.5. The van der Waals surface area contributed by atoms with E-state index >= 15 is 0 Å². The summed E-state index contributed by atoms with van der Waals surface area (Å²) in [5.41, 5.74) is 1.28. The van der Waals surface area contributed by atoms with E-state index in [2.05, 4.69) is 5.32 Å². The van der Waals surface area contributed by atoms with E-state index in [9.17, 15) is 9.59 Å². The summed E-state index contributed by atoms with van der Waals surface area (Å²) in [5, 5.41) is 12.1. The first-order valence-electron chi connectivity index (χ1n) is 5.62. The van der Waals surface area contributed by atoms with Gasteiger partial charge in [0.15, 0.2) is 0 Å². The number of aliphatic carboxylic acids is 1. The van der Waals surface area contributed by atoms with Crippen LogP contribution < -0.4 is 5.32 Å². The average molecular weight is 270 g/mol. The van der Waals surface area contributed by atoms with Crippen LogP contribution in [0.3, 0.4) is 0 Å². The van der Waals surface area contributed by atoms with Crippen LogP contribution in [0.1, 0.15) is 29.8 Å². The van der Waals surface area contributed by atoms with Crippen LogP contribution in [-0.4, -0.2) is 23.0 Å². The zero-order valence-corrected chi connectivity index (χ0v) is 11.3. The van der Waals surface area contributed by atoms with Crippen molar-refractivity contribution in [3.63, 3.8) is 0 Å². The predicted octanol–water partition coefficient (Wildman–Crippen LogP) is 2.49. The normalized spacial score (nSPS) is 13.8. The lowest BCUT2D eigenvalue weighted by Gasteiger charge is -2.17. The topological polar surface area (TPSA) is 66.4 Å². The van der Waals surface area contributed by atoms with E-state index in [-0.39, 0.29) is 5.91 Å². The molecule has 0 aliphatic carbocycles. The molecular formula is C13H16ClNO3. The van der Waals surface area contributed by atoms with Gasteiger partial charge in [0.05, 0.1) is 5.92 Å². The van der Waals surface area contributed by atoms with Gasteiger partial charge in [-0.3, -0.25) is 9.59 Å². The van der Waals surface area contributed by atoms with Crippen LogP contribution in [-0.2, 0) is 4.79 Å². The summed E-state index contributed by atoms with van der Waals surface area (Å²) < 4.78 is 0. The summed E-state index contributed by atoms with van der Waals surface area (Å²) in [6.07, 6.45) is 0. The second-order valence-corrected chi connectivity index (χ2v) is 4.76. The highest BCUT2D eigenvalue weighted by atomic mass is 35.5. The Kier molecular flexibility index (Phi) is 4.73. The van der Waals surface area contributed by atoms with Crippen LogP contribution in [0.5, 0.6) is 0 Å². The average Bonchev–Trinajstić information content (AvgIpc) is 2.31. The van der Waals surface area contributed by atoms with Crippen molar-refractivity contribution >= 4 is 23.5 Å². The summed E-state index contributed by atoms with van der Waals surface area (Å²) in [6.45, 7) is 5.03. The Morgan fingerprint density at radius 2 is 1.94 bits per heavy atom. The molecule has 18 heavy (non-hydrogen) atoms. The molecule has 0 aliphatic heterocycles. The molecule has 98 valence electrons. The number of amides is 1. The number of carbonyl (C=O) groups excluding carboxylic acids is 1. The van der Waals surface area contributed by atoms with Gasteiger partial charge in [0.1, 0.15) is 0 Å². The van der Waals surface area contributed by atoms with Crippen molar-refractivity contribution in [2.45, 2.75) is 26.8 Å². The fourth-order valence-electron chi connectivity index (χ4n) is 1.41. The maximum atomic E-state index is 11.9. The quantitative estimate of drug-likeness (QED) is 0.882. The molecule has 0 bridgehead atoms. The molecule has 0 spiro atoms. The van der Waals surface area contributed by atoms with Crippen LogP contribution in [0, 0.1) is 12.8 Å². The minimum atomic E-state index is -0.935. The van der Waals surface area contributed by atoms with Crippen LogP contribution in [0.2, 0.25) is 5.02 Å². The summed E-state index contributed by atoms with van der Waals surface area (Å²) in [6, 6.07) is 4.50. The number of aryl methyl sites for hydroxylation is 1. The van der Waals surface area contributed by atoms with Gasteiger partial charge in [-0.25, -0.2) is 0 Å². The number of hydrogen-bond acceptors (Lipinski definition) is 2. The van der Waals surface area contributed by atoms with Gasteiger partial charge in [-0.2, -0.15) is 0 Å². The molecule has 0 aliphatic rings. The van der Waals surface area contributed by atoms with E-state index in [1.54, 1.807) is 32.0 Å². The maximum absolute atomic E-state index is 11.9. The number of carbonyl (C=O) groups is 2. The predicted molar refractivity (Wildman–Crippen MR) is 69.9 cm³/mol. The van der Waals surface area contributed by atoms with Crippen LogP contribution >= 0.6 is 11.6 Å². The fourth-order valence-corrected chi connectivity index (χ4v) is 1.53. The van der Waals surface area contributed by atoms with Gasteiger partial charge in [0.2, 0.25) is 0 Å². The summed E-state index contributed by atoms with van der Waals surface area (Å²) in [5.74, 6) is -1.87. The number of carboxylic acid groups (broad SMARTS) is 1. The Bertz CT molecular complexity index is 473. The van der Waals surface area contributed by atoms with Crippen molar-refractivity contribution in [2.24, 2.45) is 5.92 Å². The Balaban J connectivity index is 2.76. The molecule has 2 N–H and O–H groups in total. The molecule has 1 aromatic carbocycles. The van der Waals surface area contributed by atoms with E-state index in [1.165, 1.54) is 0 Å². The SMILES string of the molecule is Cc1cc(C(=O)NC(C)C(C)C(=O)O)ccc1Cl. The van der Waals surface area contributed by atoms with Crippen LogP contribution in [0.15, 0.2) is 18.2 Å². The van der Waals surface area contributed by atoms with Crippen LogP contribution in [0.4, 0.5) is 0 Å². The lowest BCUT2D eigenvalue weighted by atomic mass is 10.0. The molecule has 2 atom stereocenters. The number of hydrogen-bond donors (Lipinski definition) is 2. The molecule has 0 heterocycles. The Morgan fingerprint density at radius 3 is 2.44 bits per heavy atom. The highest BCUT2D eigenvalue weighted by Crippen LogP contribution is 2.16. The minimum Gasteiger partial charge on any atom is -0.481 e. The number of rotatable bonds is 4. The Hall–Kier alpha value is -1.55. The first-order chi connectivity index (χ1) is 8.32. The Morgan fingerprint density at radius 1 is 1.33 bits per heavy atom. The van der Waals surface area contributed by atoms with Gasteiger partial charge >= 0.3 is 5.97 Å². The maximum Gasteiger partial charge on any atom is 0.308 e. The number of halogens is 1. The van der Waals surface area contributed by atoms with E-state index in [1.807, 2.05) is 6.92 Å². The zero-order chi connectivity index (χ0) is 13.9. The number of carboxylic acids is 1. The zero-order valence-electron chi connectivity index (χ0n) is 10.5. The second kappa shape index (κ2) is 5.87. The van der Waals surface area contributed by atoms with Gasteiger partial charge < -0.3 is 10.4 Å². The van der Waals surface area contributed by atoms with Crippen LogP contribution in [0.25, 0.3) is 0 Å². The van der Waals surface area contributed by atoms with Crippen molar-refractivity contribution in [1.29, 1.82) is 0 Å². The molecule has 0 saturated carbocycles. The number of nitrogens with one attached hydrogen (secondary N) is 1. The highest BCUT2D eigenvalue weighted by Gasteiger charge is 2.21. The van der Waals surface area contributed by atoms with Gasteiger partial charge in [-0.05, 0) is 44.5 Å². The second-order valence-electron chi connectivity index (χ2n) is 4.35. The lowest BCUT2D eigenvalue weighted by molar-refractivity contribution is -0.141. The minimum absolute atomic E-state index is 0.296. The monoisotopic (exact) mass is 269 g/mol. The van der Waals surface area contributed by atoms with Gasteiger partial charge in [0, 0.05) is 16.6 Å². The highest BCUT2D eigenvalue weighted by molar-refractivity contribution is 6.31. The summed E-state index contributed by atoms with van der Waals surface area (Å²) >= 11 is 5.87. The van der Waals surface area contributed by atoms with Crippen molar-refractivity contribution in [1.82, 2.24) is 5.32 Å². The van der Waals surface area contributed by atoms with Gasteiger partial charge in [-0.1, -0.05) is 11.6 Å². The van der Waals surface area contributed by atoms with E-state index in [0.29, 0.717) is 10.6 Å². The molecule has 5 heteroatoms. The van der Waals surface area contributed by atoms with E-state index in [4.69, 9.17) is 16.7 Å². The molecule has 0 fully saturated rings.